The zero-order valence-electron chi connectivity index (χ0n) is 14.3. The molecule has 3 aromatic rings. The zero-order valence-corrected chi connectivity index (χ0v) is 14.3. The third-order valence-electron chi connectivity index (χ3n) is 4.47. The first-order chi connectivity index (χ1) is 12.8. The summed E-state index contributed by atoms with van der Waals surface area (Å²) in [6, 6.07) is 18.6. The molecule has 1 saturated heterocycles. The molecule has 132 valence electrons. The lowest BCUT2D eigenvalue weighted by molar-refractivity contribution is 0.628. The summed E-state index contributed by atoms with van der Waals surface area (Å²) in [5, 5.41) is 3.12. The largest absolute Gasteiger partial charge is 0.368 e. The van der Waals surface area contributed by atoms with Crippen LogP contribution in [0.2, 0.25) is 0 Å². The van der Waals surface area contributed by atoms with Crippen molar-refractivity contribution in [3.8, 4) is 0 Å². The van der Waals surface area contributed by atoms with Crippen molar-refractivity contribution < 1.29 is 4.39 Å². The van der Waals surface area contributed by atoms with Gasteiger partial charge < -0.3 is 15.1 Å². The maximum atomic E-state index is 13.0. The Kier molecular flexibility index (Phi) is 4.64. The summed E-state index contributed by atoms with van der Waals surface area (Å²) in [5.74, 6) is 1.15. The Hall–Kier alpha value is -3.15. The van der Waals surface area contributed by atoms with Crippen molar-refractivity contribution in [2.24, 2.45) is 0 Å². The molecule has 0 unspecified atom stereocenters. The molecule has 5 nitrogen and oxygen atoms in total. The van der Waals surface area contributed by atoms with Crippen molar-refractivity contribution in [3.63, 3.8) is 0 Å². The maximum Gasteiger partial charge on any atom is 0.229 e. The zero-order chi connectivity index (χ0) is 17.8. The van der Waals surface area contributed by atoms with E-state index in [2.05, 4.69) is 49.4 Å². The number of rotatable bonds is 4. The van der Waals surface area contributed by atoms with Gasteiger partial charge in [-0.15, -0.1) is 0 Å². The van der Waals surface area contributed by atoms with Gasteiger partial charge in [-0.3, -0.25) is 0 Å². The van der Waals surface area contributed by atoms with Crippen LogP contribution in [-0.4, -0.2) is 36.1 Å². The number of benzene rings is 2. The number of anilines is 4. The van der Waals surface area contributed by atoms with Crippen molar-refractivity contribution in [1.82, 2.24) is 9.97 Å². The molecule has 0 spiro atoms. The van der Waals surface area contributed by atoms with Crippen LogP contribution < -0.4 is 15.1 Å². The van der Waals surface area contributed by atoms with Crippen LogP contribution in [0.3, 0.4) is 0 Å². The van der Waals surface area contributed by atoms with Gasteiger partial charge in [-0.05, 0) is 42.5 Å². The van der Waals surface area contributed by atoms with Gasteiger partial charge in [0.15, 0.2) is 0 Å². The molecule has 1 fully saturated rings. The molecule has 1 N–H and O–H groups in total. The SMILES string of the molecule is Fc1ccc(Nc2nccc(N3CCN(c4ccccc4)CC3)n2)cc1. The monoisotopic (exact) mass is 349 g/mol. The highest BCUT2D eigenvalue weighted by Crippen LogP contribution is 2.20. The Morgan fingerprint density at radius 3 is 2.23 bits per heavy atom. The number of hydrogen-bond acceptors (Lipinski definition) is 5. The van der Waals surface area contributed by atoms with Gasteiger partial charge in [0.2, 0.25) is 5.95 Å². The normalized spacial score (nSPS) is 14.3. The second-order valence-electron chi connectivity index (χ2n) is 6.18. The van der Waals surface area contributed by atoms with Gasteiger partial charge in [-0.1, -0.05) is 18.2 Å². The molecular weight excluding hydrogens is 329 g/mol. The number of nitrogens with one attached hydrogen (secondary N) is 1. The molecule has 1 aliphatic rings. The lowest BCUT2D eigenvalue weighted by atomic mass is 10.2. The van der Waals surface area contributed by atoms with Crippen LogP contribution in [0.5, 0.6) is 0 Å². The van der Waals surface area contributed by atoms with Gasteiger partial charge in [0.05, 0.1) is 0 Å². The molecule has 0 bridgehead atoms. The standard InChI is InChI=1S/C20H20FN5/c21-16-6-8-17(9-7-16)23-20-22-11-10-19(24-20)26-14-12-25(13-15-26)18-4-2-1-3-5-18/h1-11H,12-15H2,(H,22,23,24). The van der Waals surface area contributed by atoms with Crippen LogP contribution in [0, 0.1) is 5.82 Å². The average Bonchev–Trinajstić information content (AvgIpc) is 2.71. The summed E-state index contributed by atoms with van der Waals surface area (Å²) in [7, 11) is 0. The predicted molar refractivity (Wildman–Crippen MR) is 103 cm³/mol. The Morgan fingerprint density at radius 1 is 0.808 bits per heavy atom. The first-order valence-electron chi connectivity index (χ1n) is 8.68. The number of nitrogens with zero attached hydrogens (tertiary/aromatic N) is 4. The van der Waals surface area contributed by atoms with Crippen LogP contribution in [0.4, 0.5) is 27.5 Å². The van der Waals surface area contributed by atoms with E-state index in [1.807, 2.05) is 12.1 Å². The quantitative estimate of drug-likeness (QED) is 0.778. The molecule has 1 aromatic heterocycles. The second kappa shape index (κ2) is 7.39. The van der Waals surface area contributed by atoms with E-state index >= 15 is 0 Å². The summed E-state index contributed by atoms with van der Waals surface area (Å²) in [5.41, 5.74) is 2.02. The molecule has 0 amide bonds. The number of para-hydroxylation sites is 1. The highest BCUT2D eigenvalue weighted by Gasteiger charge is 2.18. The second-order valence-corrected chi connectivity index (χ2v) is 6.18. The minimum absolute atomic E-state index is 0.262. The molecular formula is C20H20FN5. The van der Waals surface area contributed by atoms with E-state index in [-0.39, 0.29) is 5.82 Å². The van der Waals surface area contributed by atoms with Gasteiger partial charge in [-0.2, -0.15) is 4.98 Å². The molecule has 0 saturated carbocycles. The van der Waals surface area contributed by atoms with Gasteiger partial charge in [0.25, 0.3) is 0 Å². The van der Waals surface area contributed by atoms with E-state index in [4.69, 9.17) is 0 Å². The van der Waals surface area contributed by atoms with E-state index in [1.54, 1.807) is 18.3 Å². The number of halogens is 1. The molecule has 2 aromatic carbocycles. The fourth-order valence-electron chi connectivity index (χ4n) is 3.08. The first kappa shape index (κ1) is 16.3. The lowest BCUT2D eigenvalue weighted by Crippen LogP contribution is -2.46. The summed E-state index contributed by atoms with van der Waals surface area (Å²) in [4.78, 5) is 13.5. The average molecular weight is 349 g/mol. The topological polar surface area (TPSA) is 44.3 Å². The Bertz CT molecular complexity index is 846. The molecule has 1 aliphatic heterocycles. The van der Waals surface area contributed by atoms with Crippen molar-refractivity contribution in [1.29, 1.82) is 0 Å². The Morgan fingerprint density at radius 2 is 1.50 bits per heavy atom. The lowest BCUT2D eigenvalue weighted by Gasteiger charge is -2.36. The summed E-state index contributed by atoms with van der Waals surface area (Å²) < 4.78 is 13.0. The van der Waals surface area contributed by atoms with Crippen molar-refractivity contribution >= 4 is 23.1 Å². The van der Waals surface area contributed by atoms with E-state index in [0.717, 1.165) is 37.7 Å². The van der Waals surface area contributed by atoms with Crippen LogP contribution in [0.25, 0.3) is 0 Å². The van der Waals surface area contributed by atoms with E-state index in [9.17, 15) is 4.39 Å². The van der Waals surface area contributed by atoms with Gasteiger partial charge >= 0.3 is 0 Å². The molecule has 26 heavy (non-hydrogen) atoms. The maximum absolute atomic E-state index is 13.0. The number of hydrogen-bond donors (Lipinski definition) is 1. The Balaban J connectivity index is 1.42. The van der Waals surface area contributed by atoms with Crippen molar-refractivity contribution in [2.75, 3.05) is 41.3 Å². The van der Waals surface area contributed by atoms with Crippen LogP contribution >= 0.6 is 0 Å². The number of aromatic nitrogens is 2. The fourth-order valence-corrected chi connectivity index (χ4v) is 3.08. The molecule has 6 heteroatoms. The fraction of sp³-hybridized carbons (Fsp3) is 0.200. The van der Waals surface area contributed by atoms with Crippen LogP contribution in [-0.2, 0) is 0 Å². The minimum atomic E-state index is -0.262. The van der Waals surface area contributed by atoms with E-state index < -0.39 is 0 Å². The highest BCUT2D eigenvalue weighted by molar-refractivity contribution is 5.55. The summed E-state index contributed by atoms with van der Waals surface area (Å²) >= 11 is 0. The third kappa shape index (κ3) is 3.74. The minimum Gasteiger partial charge on any atom is -0.368 e. The number of piperazine rings is 1. The summed E-state index contributed by atoms with van der Waals surface area (Å²) in [6.45, 7) is 3.72. The van der Waals surface area contributed by atoms with Gasteiger partial charge in [-0.25, -0.2) is 9.37 Å². The van der Waals surface area contributed by atoms with Crippen LogP contribution in [0.1, 0.15) is 0 Å². The van der Waals surface area contributed by atoms with E-state index in [0.29, 0.717) is 5.95 Å². The summed E-state index contributed by atoms with van der Waals surface area (Å²) in [6.07, 6.45) is 1.75. The van der Waals surface area contributed by atoms with Gasteiger partial charge in [0, 0.05) is 43.8 Å². The molecule has 4 rings (SSSR count). The molecule has 0 radical (unpaired) electrons. The highest BCUT2D eigenvalue weighted by atomic mass is 19.1. The smallest absolute Gasteiger partial charge is 0.229 e. The van der Waals surface area contributed by atoms with Gasteiger partial charge in [0.1, 0.15) is 11.6 Å². The Labute approximate surface area is 152 Å². The molecule has 0 atom stereocenters. The predicted octanol–water partition coefficient (Wildman–Crippen LogP) is 3.69. The molecule has 2 heterocycles. The van der Waals surface area contributed by atoms with Crippen molar-refractivity contribution in [2.45, 2.75) is 0 Å². The van der Waals surface area contributed by atoms with Crippen molar-refractivity contribution in [3.05, 3.63) is 72.7 Å². The third-order valence-corrected chi connectivity index (χ3v) is 4.47. The van der Waals surface area contributed by atoms with Crippen LogP contribution in [0.15, 0.2) is 66.9 Å². The molecule has 0 aliphatic carbocycles. The van der Waals surface area contributed by atoms with E-state index in [1.165, 1.54) is 17.8 Å². The first-order valence-corrected chi connectivity index (χ1v) is 8.68.